The summed E-state index contributed by atoms with van der Waals surface area (Å²) >= 11 is 11.7. The molecule has 2 rings (SSSR count). The second-order valence-electron chi connectivity index (χ2n) is 3.82. The van der Waals surface area contributed by atoms with Crippen LogP contribution in [0.25, 0.3) is 5.70 Å². The maximum Gasteiger partial charge on any atom is 0.255 e. The van der Waals surface area contributed by atoms with Gasteiger partial charge >= 0.3 is 0 Å². The number of benzene rings is 2. The first-order valence-electron chi connectivity index (χ1n) is 5.65. The maximum atomic E-state index is 12.1. The first-order valence-corrected chi connectivity index (χ1v) is 6.41. The Morgan fingerprint density at radius 3 is 1.74 bits per heavy atom. The number of carbonyl (C=O) groups is 1. The number of halogens is 2. The van der Waals surface area contributed by atoms with Crippen molar-refractivity contribution < 1.29 is 4.79 Å². The molecule has 1 N–H and O–H groups in total. The Morgan fingerprint density at radius 2 is 1.26 bits per heavy atom. The van der Waals surface area contributed by atoms with E-state index in [9.17, 15) is 4.79 Å². The summed E-state index contributed by atoms with van der Waals surface area (Å²) in [5.74, 6) is -0.252. The average Bonchev–Trinajstić information content (AvgIpc) is 2.46. The summed E-state index contributed by atoms with van der Waals surface area (Å²) < 4.78 is 0.0236. The van der Waals surface area contributed by atoms with Crippen molar-refractivity contribution in [3.63, 3.8) is 0 Å². The van der Waals surface area contributed by atoms with Gasteiger partial charge in [0, 0.05) is 11.1 Å². The van der Waals surface area contributed by atoms with Gasteiger partial charge in [0.25, 0.3) is 5.91 Å². The molecule has 0 aliphatic rings. The highest BCUT2D eigenvalue weighted by atomic mass is 35.5. The summed E-state index contributed by atoms with van der Waals surface area (Å²) in [4.78, 5) is 12.1. The lowest BCUT2D eigenvalue weighted by atomic mass is 10.1. The van der Waals surface area contributed by atoms with Gasteiger partial charge in [-0.15, -0.1) is 0 Å². The van der Waals surface area contributed by atoms with E-state index in [-0.39, 0.29) is 10.4 Å². The van der Waals surface area contributed by atoms with Gasteiger partial charge in [0.2, 0.25) is 0 Å². The van der Waals surface area contributed by atoms with Crippen LogP contribution < -0.4 is 5.32 Å². The van der Waals surface area contributed by atoms with Crippen molar-refractivity contribution in [2.75, 3.05) is 0 Å². The number of amides is 1. The molecule has 0 aromatic heterocycles. The zero-order chi connectivity index (χ0) is 13.7. The second kappa shape index (κ2) is 6.41. The molecule has 0 aliphatic heterocycles. The van der Waals surface area contributed by atoms with Crippen LogP contribution in [0.3, 0.4) is 0 Å². The molecule has 0 bridgehead atoms. The monoisotopic (exact) mass is 291 g/mol. The first kappa shape index (κ1) is 13.7. The van der Waals surface area contributed by atoms with Crippen molar-refractivity contribution in [3.05, 3.63) is 76.3 Å². The molecule has 0 heterocycles. The summed E-state index contributed by atoms with van der Waals surface area (Å²) in [5, 5.41) is 2.73. The minimum atomic E-state index is -0.252. The molecule has 96 valence electrons. The standard InChI is InChI=1S/C15H11Cl2NO/c16-14(17)13(11-7-3-1-4-8-11)18-15(19)12-9-5-2-6-10-12/h1-10H,(H,18,19). The Morgan fingerprint density at radius 1 is 0.789 bits per heavy atom. The lowest BCUT2D eigenvalue weighted by Gasteiger charge is -2.10. The number of hydrogen-bond acceptors (Lipinski definition) is 1. The van der Waals surface area contributed by atoms with Crippen LogP contribution in [0.15, 0.2) is 65.2 Å². The molecule has 0 fully saturated rings. The van der Waals surface area contributed by atoms with E-state index in [0.717, 1.165) is 5.56 Å². The van der Waals surface area contributed by atoms with E-state index in [1.807, 2.05) is 36.4 Å². The topological polar surface area (TPSA) is 29.1 Å². The van der Waals surface area contributed by atoms with Gasteiger partial charge in [-0.1, -0.05) is 71.7 Å². The van der Waals surface area contributed by atoms with E-state index in [4.69, 9.17) is 23.2 Å². The molecule has 19 heavy (non-hydrogen) atoms. The van der Waals surface area contributed by atoms with Crippen LogP contribution in [-0.2, 0) is 0 Å². The quantitative estimate of drug-likeness (QED) is 0.901. The van der Waals surface area contributed by atoms with Crippen LogP contribution in [-0.4, -0.2) is 5.91 Å². The predicted octanol–water partition coefficient (Wildman–Crippen LogP) is 4.22. The molecule has 2 aromatic rings. The maximum absolute atomic E-state index is 12.1. The first-order chi connectivity index (χ1) is 9.18. The van der Waals surface area contributed by atoms with Crippen molar-refractivity contribution in [2.45, 2.75) is 0 Å². The zero-order valence-electron chi connectivity index (χ0n) is 9.94. The molecule has 0 saturated heterocycles. The highest BCUT2D eigenvalue weighted by Gasteiger charge is 2.11. The van der Waals surface area contributed by atoms with Crippen molar-refractivity contribution >= 4 is 34.8 Å². The van der Waals surface area contributed by atoms with Crippen LogP contribution in [0, 0.1) is 0 Å². The van der Waals surface area contributed by atoms with E-state index in [0.29, 0.717) is 11.3 Å². The van der Waals surface area contributed by atoms with Gasteiger partial charge in [0.15, 0.2) is 0 Å². The van der Waals surface area contributed by atoms with E-state index in [2.05, 4.69) is 5.32 Å². The van der Waals surface area contributed by atoms with Gasteiger partial charge in [-0.2, -0.15) is 0 Å². The van der Waals surface area contributed by atoms with E-state index < -0.39 is 0 Å². The fraction of sp³-hybridized carbons (Fsp3) is 0. The molecule has 0 radical (unpaired) electrons. The van der Waals surface area contributed by atoms with Gasteiger partial charge in [-0.3, -0.25) is 4.79 Å². The van der Waals surface area contributed by atoms with E-state index >= 15 is 0 Å². The molecule has 1 amide bonds. The van der Waals surface area contributed by atoms with Crippen molar-refractivity contribution in [2.24, 2.45) is 0 Å². The average molecular weight is 292 g/mol. The number of nitrogens with one attached hydrogen (secondary N) is 1. The molecule has 2 nitrogen and oxygen atoms in total. The van der Waals surface area contributed by atoms with Gasteiger partial charge in [0.1, 0.15) is 4.49 Å². The predicted molar refractivity (Wildman–Crippen MR) is 79.0 cm³/mol. The summed E-state index contributed by atoms with van der Waals surface area (Å²) in [6.45, 7) is 0. The largest absolute Gasteiger partial charge is 0.319 e. The second-order valence-corrected chi connectivity index (χ2v) is 4.77. The lowest BCUT2D eigenvalue weighted by Crippen LogP contribution is -2.22. The highest BCUT2D eigenvalue weighted by molar-refractivity contribution is 6.58. The summed E-state index contributed by atoms with van der Waals surface area (Å²) in [6, 6.07) is 18.1. The summed E-state index contributed by atoms with van der Waals surface area (Å²) in [6.07, 6.45) is 0. The van der Waals surface area contributed by atoms with Crippen LogP contribution in [0.1, 0.15) is 15.9 Å². The van der Waals surface area contributed by atoms with E-state index in [1.165, 1.54) is 0 Å². The molecule has 2 aromatic carbocycles. The number of hydrogen-bond donors (Lipinski definition) is 1. The Balaban J connectivity index is 2.25. The third-order valence-electron chi connectivity index (χ3n) is 2.53. The Labute approximate surface area is 121 Å². The van der Waals surface area contributed by atoms with Crippen molar-refractivity contribution in [1.29, 1.82) is 0 Å². The summed E-state index contributed by atoms with van der Waals surface area (Å²) in [5.41, 5.74) is 1.70. The highest BCUT2D eigenvalue weighted by Crippen LogP contribution is 2.22. The molecule has 0 unspecified atom stereocenters. The Hall–Kier alpha value is -1.77. The van der Waals surface area contributed by atoms with Crippen LogP contribution >= 0.6 is 23.2 Å². The minimum absolute atomic E-state index is 0.0236. The molecule has 4 heteroatoms. The molecule has 0 saturated carbocycles. The zero-order valence-corrected chi connectivity index (χ0v) is 11.4. The van der Waals surface area contributed by atoms with Gasteiger partial charge < -0.3 is 5.32 Å². The Kier molecular flexibility index (Phi) is 4.61. The van der Waals surface area contributed by atoms with Gasteiger partial charge in [0.05, 0.1) is 5.70 Å². The fourth-order valence-electron chi connectivity index (χ4n) is 1.61. The number of rotatable bonds is 3. The molecule has 0 atom stereocenters. The van der Waals surface area contributed by atoms with E-state index in [1.54, 1.807) is 24.3 Å². The van der Waals surface area contributed by atoms with Crippen LogP contribution in [0.4, 0.5) is 0 Å². The van der Waals surface area contributed by atoms with Crippen LogP contribution in [0.5, 0.6) is 0 Å². The minimum Gasteiger partial charge on any atom is -0.319 e. The van der Waals surface area contributed by atoms with Gasteiger partial charge in [-0.05, 0) is 12.1 Å². The molecule has 0 aliphatic carbocycles. The molecular weight excluding hydrogens is 281 g/mol. The molecular formula is C15H11Cl2NO. The third kappa shape index (κ3) is 3.60. The van der Waals surface area contributed by atoms with Crippen LogP contribution in [0.2, 0.25) is 0 Å². The smallest absolute Gasteiger partial charge is 0.255 e. The van der Waals surface area contributed by atoms with Gasteiger partial charge in [-0.25, -0.2) is 0 Å². The summed E-state index contributed by atoms with van der Waals surface area (Å²) in [7, 11) is 0. The van der Waals surface area contributed by atoms with Crippen molar-refractivity contribution in [3.8, 4) is 0 Å². The normalized spacial score (nSPS) is 9.79. The lowest BCUT2D eigenvalue weighted by molar-refractivity contribution is 0.0973. The number of carbonyl (C=O) groups excluding carboxylic acids is 1. The third-order valence-corrected chi connectivity index (χ3v) is 2.90. The van der Waals surface area contributed by atoms with Crippen molar-refractivity contribution in [1.82, 2.24) is 5.32 Å². The fourth-order valence-corrected chi connectivity index (χ4v) is 1.92. The molecule has 0 spiro atoms. The SMILES string of the molecule is O=C(NC(=C(Cl)Cl)c1ccccc1)c1ccccc1. The Bertz CT molecular complexity index is 590.